The molecule has 5 rings (SSSR count). The average Bonchev–Trinajstić information content (AvgIpc) is 3.11. The maximum atomic E-state index is 12.0. The van der Waals surface area contributed by atoms with Crippen LogP contribution < -0.4 is 5.32 Å². The lowest BCUT2D eigenvalue weighted by Crippen LogP contribution is -2.62. The van der Waals surface area contributed by atoms with Crippen molar-refractivity contribution in [2.45, 2.75) is 37.3 Å². The highest BCUT2D eigenvalue weighted by Gasteiger charge is 2.65. The van der Waals surface area contributed by atoms with Crippen LogP contribution in [0.25, 0.3) is 0 Å². The van der Waals surface area contributed by atoms with Gasteiger partial charge < -0.3 is 10.1 Å². The summed E-state index contributed by atoms with van der Waals surface area (Å²) in [5.74, 6) is 0.539. The monoisotopic (exact) mass is 294 g/mol. The fourth-order valence-corrected chi connectivity index (χ4v) is 5.98. The van der Waals surface area contributed by atoms with Crippen molar-refractivity contribution in [2.24, 2.45) is 11.8 Å². The Morgan fingerprint density at radius 2 is 2.23 bits per heavy atom. The maximum absolute atomic E-state index is 12.0. The zero-order chi connectivity index (χ0) is 14.9. The van der Waals surface area contributed by atoms with Crippen LogP contribution in [0.4, 0.5) is 5.69 Å². The lowest BCUT2D eigenvalue weighted by Gasteiger charge is -2.53. The summed E-state index contributed by atoms with van der Waals surface area (Å²) in [5, 5.41) is 3.74. The van der Waals surface area contributed by atoms with Crippen molar-refractivity contribution < 1.29 is 4.79 Å². The number of aldehydes is 1. The highest BCUT2D eigenvalue weighted by molar-refractivity contribution is 5.70. The first kappa shape index (κ1) is 12.9. The van der Waals surface area contributed by atoms with Gasteiger partial charge in [-0.2, -0.15) is 0 Å². The van der Waals surface area contributed by atoms with Crippen molar-refractivity contribution in [3.63, 3.8) is 0 Å². The molecule has 5 atom stereocenters. The number of fused-ring (bicyclic) bond motifs is 2. The van der Waals surface area contributed by atoms with Gasteiger partial charge in [0.25, 0.3) is 0 Å². The van der Waals surface area contributed by atoms with E-state index in [1.807, 2.05) is 0 Å². The fourth-order valence-electron chi connectivity index (χ4n) is 5.98. The third kappa shape index (κ3) is 1.30. The van der Waals surface area contributed by atoms with Gasteiger partial charge in [0.05, 0.1) is 0 Å². The number of rotatable bonds is 1. The Bertz CT molecular complexity index is 682. The SMILES string of the molecule is C/C=C1/CN2CC[C@]34c5ccccc5N[C@H]3[C@H](C=O)[C@H]1C[C@H]24. The predicted molar refractivity (Wildman–Crippen MR) is 86.9 cm³/mol. The first-order valence-corrected chi connectivity index (χ1v) is 8.50. The minimum atomic E-state index is 0.107. The molecule has 1 aromatic carbocycles. The van der Waals surface area contributed by atoms with Crippen LogP contribution in [0.3, 0.4) is 0 Å². The van der Waals surface area contributed by atoms with Crippen LogP contribution in [0.1, 0.15) is 25.3 Å². The Kier molecular flexibility index (Phi) is 2.48. The third-order valence-corrected chi connectivity index (χ3v) is 6.86. The summed E-state index contributed by atoms with van der Waals surface area (Å²) < 4.78 is 0. The molecule has 3 nitrogen and oxygen atoms in total. The Labute approximate surface area is 131 Å². The van der Waals surface area contributed by atoms with Gasteiger partial charge in [0, 0.05) is 35.6 Å². The van der Waals surface area contributed by atoms with Gasteiger partial charge >= 0.3 is 0 Å². The van der Waals surface area contributed by atoms with E-state index in [9.17, 15) is 4.79 Å². The first-order chi connectivity index (χ1) is 10.8. The predicted octanol–water partition coefficient (Wildman–Crippen LogP) is 2.59. The van der Waals surface area contributed by atoms with Crippen molar-refractivity contribution in [1.29, 1.82) is 0 Å². The van der Waals surface area contributed by atoms with Crippen LogP contribution in [0.2, 0.25) is 0 Å². The highest BCUT2D eigenvalue weighted by atomic mass is 16.1. The zero-order valence-electron chi connectivity index (χ0n) is 13.0. The number of carbonyl (C=O) groups excluding carboxylic acids is 1. The number of para-hydroxylation sites is 1. The molecular weight excluding hydrogens is 272 g/mol. The second-order valence-corrected chi connectivity index (χ2v) is 7.36. The Morgan fingerprint density at radius 3 is 3.05 bits per heavy atom. The Morgan fingerprint density at radius 1 is 1.36 bits per heavy atom. The summed E-state index contributed by atoms with van der Waals surface area (Å²) >= 11 is 0. The van der Waals surface area contributed by atoms with Gasteiger partial charge in [-0.3, -0.25) is 4.90 Å². The van der Waals surface area contributed by atoms with E-state index < -0.39 is 0 Å². The van der Waals surface area contributed by atoms with Crippen molar-refractivity contribution in [3.05, 3.63) is 41.5 Å². The summed E-state index contributed by atoms with van der Waals surface area (Å²) in [7, 11) is 0. The normalized spacial score (nSPS) is 43.6. The molecule has 0 amide bonds. The molecule has 2 saturated heterocycles. The van der Waals surface area contributed by atoms with Gasteiger partial charge in [0.1, 0.15) is 6.29 Å². The van der Waals surface area contributed by atoms with Crippen LogP contribution in [-0.2, 0) is 10.2 Å². The molecule has 1 N–H and O–H groups in total. The van der Waals surface area contributed by atoms with Gasteiger partial charge in [-0.25, -0.2) is 0 Å². The summed E-state index contributed by atoms with van der Waals surface area (Å²) in [5.41, 5.74) is 4.34. The molecular formula is C19H22N2O. The first-order valence-electron chi connectivity index (χ1n) is 8.50. The van der Waals surface area contributed by atoms with E-state index in [2.05, 4.69) is 47.5 Å². The van der Waals surface area contributed by atoms with Gasteiger partial charge in [-0.1, -0.05) is 29.8 Å². The van der Waals surface area contributed by atoms with E-state index in [1.165, 1.54) is 29.5 Å². The molecule has 1 aliphatic carbocycles. The summed E-state index contributed by atoms with van der Waals surface area (Å²) in [4.78, 5) is 14.7. The van der Waals surface area contributed by atoms with Gasteiger partial charge in [-0.15, -0.1) is 0 Å². The molecule has 1 aromatic rings. The molecule has 4 aliphatic rings. The van der Waals surface area contributed by atoms with E-state index >= 15 is 0 Å². The van der Waals surface area contributed by atoms with Crippen molar-refractivity contribution >= 4 is 12.0 Å². The number of nitrogens with one attached hydrogen (secondary N) is 1. The molecule has 3 fully saturated rings. The van der Waals surface area contributed by atoms with Crippen molar-refractivity contribution in [3.8, 4) is 0 Å². The molecule has 1 saturated carbocycles. The number of benzene rings is 1. The summed E-state index contributed by atoms with van der Waals surface area (Å²) in [6, 6.07) is 9.60. The van der Waals surface area contributed by atoms with E-state index in [4.69, 9.17) is 0 Å². The lowest BCUT2D eigenvalue weighted by molar-refractivity contribution is -0.115. The fraction of sp³-hybridized carbons (Fsp3) is 0.526. The van der Waals surface area contributed by atoms with Crippen LogP contribution in [-0.4, -0.2) is 36.4 Å². The van der Waals surface area contributed by atoms with E-state index in [1.54, 1.807) is 0 Å². The average molecular weight is 294 g/mol. The number of anilines is 1. The second kappa shape index (κ2) is 4.23. The molecule has 2 bridgehead atoms. The smallest absolute Gasteiger partial charge is 0.125 e. The van der Waals surface area contributed by atoms with Crippen LogP contribution in [0.5, 0.6) is 0 Å². The highest BCUT2D eigenvalue weighted by Crippen LogP contribution is 2.60. The molecule has 1 spiro atoms. The quantitative estimate of drug-likeness (QED) is 0.638. The number of hydrogen-bond acceptors (Lipinski definition) is 3. The third-order valence-electron chi connectivity index (χ3n) is 6.86. The largest absolute Gasteiger partial charge is 0.380 e. The molecule has 3 aliphatic heterocycles. The lowest BCUT2D eigenvalue weighted by atomic mass is 9.56. The van der Waals surface area contributed by atoms with E-state index in [0.29, 0.717) is 12.0 Å². The van der Waals surface area contributed by atoms with Gasteiger partial charge in [0.15, 0.2) is 0 Å². The minimum Gasteiger partial charge on any atom is -0.380 e. The minimum absolute atomic E-state index is 0.107. The van der Waals surface area contributed by atoms with Crippen LogP contribution >= 0.6 is 0 Å². The number of nitrogens with zero attached hydrogens (tertiary/aromatic N) is 1. The molecule has 0 radical (unpaired) electrons. The van der Waals surface area contributed by atoms with Gasteiger partial charge in [0.2, 0.25) is 0 Å². The van der Waals surface area contributed by atoms with Crippen LogP contribution in [0.15, 0.2) is 35.9 Å². The Balaban J connectivity index is 1.72. The van der Waals surface area contributed by atoms with Crippen molar-refractivity contribution in [2.75, 3.05) is 18.4 Å². The standard InChI is InChI=1S/C19H22N2O/c1-2-12-10-21-8-7-19-15-5-3-4-6-16(15)20-18(19)14(11-22)13(12)9-17(19)21/h2-6,11,13-14,17-18,20H,7-10H2,1H3/b12-2-/t13-,14+,17-,18-,19+/m0/s1. The molecule has 0 unspecified atom stereocenters. The summed E-state index contributed by atoms with van der Waals surface area (Å²) in [6.45, 7) is 4.35. The van der Waals surface area contributed by atoms with Gasteiger partial charge in [-0.05, 0) is 43.9 Å². The molecule has 3 heteroatoms. The second-order valence-electron chi connectivity index (χ2n) is 7.36. The summed E-state index contributed by atoms with van der Waals surface area (Å²) in [6.07, 6.45) is 5.82. The zero-order valence-corrected chi connectivity index (χ0v) is 13.0. The van der Waals surface area contributed by atoms with E-state index in [-0.39, 0.29) is 17.4 Å². The molecule has 22 heavy (non-hydrogen) atoms. The number of hydrogen-bond donors (Lipinski definition) is 1. The maximum Gasteiger partial charge on any atom is 0.125 e. The van der Waals surface area contributed by atoms with Crippen LogP contribution in [0, 0.1) is 11.8 Å². The van der Waals surface area contributed by atoms with E-state index in [0.717, 1.165) is 19.5 Å². The van der Waals surface area contributed by atoms with Crippen molar-refractivity contribution in [1.82, 2.24) is 4.90 Å². The number of carbonyl (C=O) groups is 1. The Hall–Kier alpha value is -1.61. The topological polar surface area (TPSA) is 32.3 Å². The number of piperidine rings is 1. The molecule has 0 aromatic heterocycles. The molecule has 114 valence electrons. The molecule has 3 heterocycles. The number of allylic oxidation sites excluding steroid dienone is 1.